The van der Waals surface area contributed by atoms with E-state index in [4.69, 9.17) is 19.4 Å². The Labute approximate surface area is 204 Å². The number of benzene rings is 3. The normalized spacial score (nSPS) is 12.9. The molecule has 0 aliphatic rings. The van der Waals surface area contributed by atoms with Crippen LogP contribution in [0.2, 0.25) is 0 Å². The Hall–Kier alpha value is -3.69. The summed E-state index contributed by atoms with van der Waals surface area (Å²) in [5.41, 5.74) is 7.91. The molecule has 0 spiro atoms. The summed E-state index contributed by atoms with van der Waals surface area (Å²) in [6, 6.07) is 21.2. The molecule has 3 aromatic carbocycles. The van der Waals surface area contributed by atoms with Crippen LogP contribution in [-0.4, -0.2) is 34.0 Å². The Balaban J connectivity index is 1.83. The topological polar surface area (TPSA) is 122 Å². The second-order valence-electron chi connectivity index (χ2n) is 7.86. The fraction of sp³-hybridized carbons (Fsp3) is 0.231. The lowest BCUT2D eigenvalue weighted by molar-refractivity contribution is -0.156. The Kier molecular flexibility index (Phi) is 8.62. The monoisotopic (exact) mass is 497 g/mol. The van der Waals surface area contributed by atoms with Gasteiger partial charge >= 0.3 is 22.1 Å². The molecule has 3 rings (SSSR count). The van der Waals surface area contributed by atoms with Gasteiger partial charge in [-0.2, -0.15) is 8.42 Å². The molecule has 0 fully saturated rings. The highest BCUT2D eigenvalue weighted by Gasteiger charge is 2.36. The predicted octanol–water partition coefficient (Wildman–Crippen LogP) is 3.34. The van der Waals surface area contributed by atoms with Gasteiger partial charge in [0.05, 0.1) is 18.9 Å². The lowest BCUT2D eigenvalue weighted by Crippen LogP contribution is -2.35. The summed E-state index contributed by atoms with van der Waals surface area (Å²) in [6.45, 7) is 1.71. The molecule has 2 atom stereocenters. The number of hydrogen-bond acceptors (Lipinski definition) is 8. The van der Waals surface area contributed by atoms with Crippen LogP contribution < -0.4 is 9.92 Å². The lowest BCUT2D eigenvalue weighted by Gasteiger charge is -2.23. The van der Waals surface area contributed by atoms with Gasteiger partial charge in [-0.3, -0.25) is 9.59 Å². The van der Waals surface area contributed by atoms with Crippen LogP contribution >= 0.6 is 0 Å². The van der Waals surface area contributed by atoms with Crippen LogP contribution in [0.4, 0.5) is 0 Å². The zero-order valence-corrected chi connectivity index (χ0v) is 20.2. The van der Waals surface area contributed by atoms with Crippen molar-refractivity contribution in [1.29, 1.82) is 0 Å². The van der Waals surface area contributed by atoms with Crippen molar-refractivity contribution in [3.8, 4) is 5.75 Å². The van der Waals surface area contributed by atoms with Crippen molar-refractivity contribution < 1.29 is 31.7 Å². The molecule has 0 aliphatic carbocycles. The summed E-state index contributed by atoms with van der Waals surface area (Å²) in [4.78, 5) is 25.4. The minimum atomic E-state index is -4.04. The number of esters is 2. The summed E-state index contributed by atoms with van der Waals surface area (Å²) in [7, 11) is -2.83. The average Bonchev–Trinajstić information content (AvgIpc) is 2.86. The number of nitrogens with two attached hydrogens (primary N) is 1. The Morgan fingerprint density at radius 3 is 2.09 bits per heavy atom. The van der Waals surface area contributed by atoms with Gasteiger partial charge in [0.1, 0.15) is 17.3 Å². The molecule has 0 saturated carbocycles. The van der Waals surface area contributed by atoms with Gasteiger partial charge in [0.25, 0.3) is 0 Å². The highest BCUT2D eigenvalue weighted by atomic mass is 32.2. The van der Waals surface area contributed by atoms with Crippen molar-refractivity contribution in [2.24, 2.45) is 11.7 Å². The van der Waals surface area contributed by atoms with Crippen LogP contribution in [0.5, 0.6) is 5.75 Å². The molecule has 2 unspecified atom stereocenters. The number of hydrogen-bond donors (Lipinski definition) is 1. The van der Waals surface area contributed by atoms with Gasteiger partial charge < -0.3 is 19.4 Å². The van der Waals surface area contributed by atoms with E-state index in [1.54, 1.807) is 12.1 Å². The van der Waals surface area contributed by atoms with E-state index >= 15 is 0 Å². The van der Waals surface area contributed by atoms with Gasteiger partial charge in [0.15, 0.2) is 0 Å². The fourth-order valence-corrected chi connectivity index (χ4v) is 4.41. The first-order valence-electron chi connectivity index (χ1n) is 10.8. The first kappa shape index (κ1) is 25.9. The molecular weight excluding hydrogens is 470 g/mol. The largest absolute Gasteiger partial charge is 0.469 e. The third-order valence-electron chi connectivity index (χ3n) is 5.39. The molecule has 0 amide bonds. The molecule has 184 valence electrons. The first-order chi connectivity index (χ1) is 16.7. The van der Waals surface area contributed by atoms with Gasteiger partial charge in [-0.25, -0.2) is 0 Å². The maximum absolute atomic E-state index is 13.1. The van der Waals surface area contributed by atoms with Gasteiger partial charge in [-0.05, 0) is 42.3 Å². The van der Waals surface area contributed by atoms with Crippen molar-refractivity contribution in [2.45, 2.75) is 24.3 Å². The molecule has 8 nitrogen and oxygen atoms in total. The van der Waals surface area contributed by atoms with Gasteiger partial charge in [0.2, 0.25) is 0 Å². The Morgan fingerprint density at radius 1 is 0.886 bits per heavy atom. The third kappa shape index (κ3) is 6.68. The van der Waals surface area contributed by atoms with Crippen LogP contribution in [0.15, 0.2) is 83.8 Å². The van der Waals surface area contributed by atoms with Gasteiger partial charge in [-0.15, -0.1) is 0 Å². The molecule has 2 N–H and O–H groups in total. The van der Waals surface area contributed by atoms with Crippen molar-refractivity contribution in [3.05, 3.63) is 95.6 Å². The Bertz CT molecular complexity index is 1240. The third-order valence-corrected chi connectivity index (χ3v) is 6.65. The molecule has 9 heteroatoms. The molecule has 0 saturated heterocycles. The second-order valence-corrected chi connectivity index (χ2v) is 9.40. The summed E-state index contributed by atoms with van der Waals surface area (Å²) in [6.07, 6.45) is 0. The standard InChI is InChI=1S/C26H27NO7S/c1-18-8-14-22(15-9-18)35(30,31)34-21-12-10-20(11-13-21)24(23(16-27)25(28)32-2)26(29)33-17-19-6-4-3-5-7-19/h3-15,23-24H,16-17,27H2,1-2H3. The van der Waals surface area contributed by atoms with Gasteiger partial charge in [0, 0.05) is 6.54 Å². The van der Waals surface area contributed by atoms with Crippen LogP contribution in [0.1, 0.15) is 22.6 Å². The zero-order valence-electron chi connectivity index (χ0n) is 19.4. The van der Waals surface area contributed by atoms with Crippen molar-refractivity contribution in [1.82, 2.24) is 0 Å². The van der Waals surface area contributed by atoms with Gasteiger partial charge in [-0.1, -0.05) is 60.2 Å². The molecule has 3 aromatic rings. The van der Waals surface area contributed by atoms with E-state index in [9.17, 15) is 18.0 Å². The van der Waals surface area contributed by atoms with E-state index < -0.39 is 33.9 Å². The number of carbonyl (C=O) groups is 2. The van der Waals surface area contributed by atoms with Crippen LogP contribution in [-0.2, 0) is 35.8 Å². The van der Waals surface area contributed by atoms with E-state index in [1.807, 2.05) is 37.3 Å². The minimum absolute atomic E-state index is 0.0171. The van der Waals surface area contributed by atoms with E-state index in [-0.39, 0.29) is 23.8 Å². The fourth-order valence-electron chi connectivity index (χ4n) is 3.48. The quantitative estimate of drug-likeness (QED) is 0.334. The first-order valence-corrected chi connectivity index (χ1v) is 12.3. The molecule has 0 bridgehead atoms. The number of carbonyl (C=O) groups excluding carboxylic acids is 2. The molecule has 0 aromatic heterocycles. The predicted molar refractivity (Wildman–Crippen MR) is 129 cm³/mol. The lowest BCUT2D eigenvalue weighted by atomic mass is 9.86. The highest BCUT2D eigenvalue weighted by Crippen LogP contribution is 2.30. The Morgan fingerprint density at radius 2 is 1.51 bits per heavy atom. The zero-order chi connectivity index (χ0) is 25.4. The number of ether oxygens (including phenoxy) is 2. The number of methoxy groups -OCH3 is 1. The second kappa shape index (κ2) is 11.6. The molecule has 0 aliphatic heterocycles. The summed E-state index contributed by atoms with van der Waals surface area (Å²) < 4.78 is 40.7. The highest BCUT2D eigenvalue weighted by molar-refractivity contribution is 7.87. The maximum Gasteiger partial charge on any atom is 0.339 e. The van der Waals surface area contributed by atoms with Crippen molar-refractivity contribution in [2.75, 3.05) is 13.7 Å². The molecule has 0 radical (unpaired) electrons. The van der Waals surface area contributed by atoms with E-state index in [0.717, 1.165) is 11.1 Å². The van der Waals surface area contributed by atoms with E-state index in [0.29, 0.717) is 5.56 Å². The maximum atomic E-state index is 13.1. The SMILES string of the molecule is COC(=O)C(CN)C(C(=O)OCc1ccccc1)c1ccc(OS(=O)(=O)c2ccc(C)cc2)cc1. The number of rotatable bonds is 10. The number of aryl methyl sites for hydroxylation is 1. The summed E-state index contributed by atoms with van der Waals surface area (Å²) >= 11 is 0. The van der Waals surface area contributed by atoms with E-state index in [1.165, 1.54) is 43.5 Å². The van der Waals surface area contributed by atoms with Crippen molar-refractivity contribution in [3.63, 3.8) is 0 Å². The van der Waals surface area contributed by atoms with Crippen LogP contribution in [0.3, 0.4) is 0 Å². The minimum Gasteiger partial charge on any atom is -0.469 e. The van der Waals surface area contributed by atoms with Crippen LogP contribution in [0, 0.1) is 12.8 Å². The molecule has 35 heavy (non-hydrogen) atoms. The summed E-state index contributed by atoms with van der Waals surface area (Å²) in [5, 5.41) is 0. The van der Waals surface area contributed by atoms with Crippen molar-refractivity contribution >= 4 is 22.1 Å². The van der Waals surface area contributed by atoms with E-state index in [2.05, 4.69) is 0 Å². The van der Waals surface area contributed by atoms with Crippen LogP contribution in [0.25, 0.3) is 0 Å². The summed E-state index contributed by atoms with van der Waals surface area (Å²) in [5.74, 6) is -3.31. The smallest absolute Gasteiger partial charge is 0.339 e. The molecule has 0 heterocycles. The average molecular weight is 498 g/mol. The molecular formula is C26H27NO7S.